The molecule has 5 rings (SSSR count). The predicted molar refractivity (Wildman–Crippen MR) is 111 cm³/mol. The minimum Gasteiger partial charge on any atom is -0.358 e. The molecule has 1 unspecified atom stereocenters. The Labute approximate surface area is 162 Å². The highest BCUT2D eigenvalue weighted by Gasteiger charge is 2.35. The second-order valence-electron chi connectivity index (χ2n) is 7.10. The molecule has 1 aliphatic carbocycles. The van der Waals surface area contributed by atoms with E-state index in [9.17, 15) is 4.79 Å². The molecule has 2 aromatic carbocycles. The van der Waals surface area contributed by atoms with Crippen molar-refractivity contribution in [2.45, 2.75) is 30.1 Å². The number of nitrogens with one attached hydrogen (secondary N) is 1. The summed E-state index contributed by atoms with van der Waals surface area (Å²) in [4.78, 5) is 18.6. The molecule has 1 N–H and O–H groups in total. The van der Waals surface area contributed by atoms with Crippen LogP contribution in [0.15, 0.2) is 70.9 Å². The van der Waals surface area contributed by atoms with Crippen molar-refractivity contribution >= 4 is 34.1 Å². The van der Waals surface area contributed by atoms with E-state index in [1.807, 2.05) is 12.3 Å². The number of ketones is 1. The van der Waals surface area contributed by atoms with Crippen molar-refractivity contribution in [1.82, 2.24) is 4.98 Å². The Morgan fingerprint density at radius 1 is 1.07 bits per heavy atom. The number of hydrogen-bond acceptors (Lipinski definition) is 4. The largest absolute Gasteiger partial charge is 0.358 e. The third kappa shape index (κ3) is 2.67. The second kappa shape index (κ2) is 6.54. The molecule has 3 aromatic rings. The normalized spacial score (nSPS) is 18.9. The molecule has 134 valence electrons. The maximum Gasteiger partial charge on any atom is 0.161 e. The molecule has 0 spiro atoms. The summed E-state index contributed by atoms with van der Waals surface area (Å²) in [6.07, 6.45) is 6.40. The lowest BCUT2D eigenvalue weighted by Crippen LogP contribution is -2.27. The number of allylic oxidation sites excluding steroid dienone is 2. The molecule has 1 aromatic heterocycles. The number of pyridine rings is 1. The maximum atomic E-state index is 12.9. The molecule has 4 heteroatoms. The Kier molecular flexibility index (Phi) is 4.01. The Hall–Kier alpha value is -2.59. The first-order valence-electron chi connectivity index (χ1n) is 9.31. The van der Waals surface area contributed by atoms with E-state index >= 15 is 0 Å². The number of aromatic nitrogens is 1. The Balaban J connectivity index is 1.76. The predicted octanol–water partition coefficient (Wildman–Crippen LogP) is 5.52. The number of rotatable bonds is 2. The van der Waals surface area contributed by atoms with Crippen LogP contribution in [0.4, 0.5) is 5.69 Å². The second-order valence-corrected chi connectivity index (χ2v) is 7.98. The van der Waals surface area contributed by atoms with E-state index in [-0.39, 0.29) is 11.7 Å². The highest BCUT2D eigenvalue weighted by atomic mass is 32.2. The molecule has 1 aliphatic heterocycles. The maximum absolute atomic E-state index is 12.9. The summed E-state index contributed by atoms with van der Waals surface area (Å²) in [6.45, 7) is 0. The highest BCUT2D eigenvalue weighted by Crippen LogP contribution is 2.47. The Morgan fingerprint density at radius 3 is 2.74 bits per heavy atom. The van der Waals surface area contributed by atoms with Crippen molar-refractivity contribution in [1.29, 1.82) is 0 Å². The molecule has 0 fully saturated rings. The van der Waals surface area contributed by atoms with E-state index in [2.05, 4.69) is 59.0 Å². The molecule has 0 saturated heterocycles. The summed E-state index contributed by atoms with van der Waals surface area (Å²) in [6, 6.07) is 16.9. The van der Waals surface area contributed by atoms with Gasteiger partial charge in [0.2, 0.25) is 0 Å². The summed E-state index contributed by atoms with van der Waals surface area (Å²) in [5.74, 6) is 0.268. The number of fused-ring (bicyclic) bond motifs is 3. The van der Waals surface area contributed by atoms with Gasteiger partial charge in [-0.2, -0.15) is 0 Å². The number of carbonyl (C=O) groups is 1. The number of anilines is 1. The molecule has 1 atom stereocenters. The molecule has 0 bridgehead atoms. The molecule has 0 amide bonds. The molecule has 27 heavy (non-hydrogen) atoms. The molecule has 3 nitrogen and oxygen atoms in total. The van der Waals surface area contributed by atoms with Gasteiger partial charge in [0, 0.05) is 40.1 Å². The van der Waals surface area contributed by atoms with Gasteiger partial charge in [-0.15, -0.1) is 11.8 Å². The van der Waals surface area contributed by atoms with Gasteiger partial charge in [-0.05, 0) is 60.6 Å². The van der Waals surface area contributed by atoms with Gasteiger partial charge in [-0.1, -0.05) is 18.2 Å². The van der Waals surface area contributed by atoms with Crippen LogP contribution in [0.1, 0.15) is 36.3 Å². The summed E-state index contributed by atoms with van der Waals surface area (Å²) in [7, 11) is 0. The average Bonchev–Trinajstić information content (AvgIpc) is 2.72. The zero-order valence-electron chi connectivity index (χ0n) is 15.2. The fraction of sp³-hybridized carbons (Fsp3) is 0.217. The minimum absolute atomic E-state index is 0.00966. The molecular weight excluding hydrogens is 352 g/mol. The van der Waals surface area contributed by atoms with Gasteiger partial charge < -0.3 is 5.32 Å². The molecule has 0 saturated carbocycles. The first-order valence-corrected chi connectivity index (χ1v) is 10.5. The van der Waals surface area contributed by atoms with Crippen molar-refractivity contribution in [2.24, 2.45) is 0 Å². The van der Waals surface area contributed by atoms with E-state index in [4.69, 9.17) is 0 Å². The van der Waals surface area contributed by atoms with Gasteiger partial charge in [0.15, 0.2) is 5.78 Å². The lowest BCUT2D eigenvalue weighted by molar-refractivity contribution is -0.116. The monoisotopic (exact) mass is 372 g/mol. The summed E-state index contributed by atoms with van der Waals surface area (Å²) < 4.78 is 0. The highest BCUT2D eigenvalue weighted by molar-refractivity contribution is 7.98. The van der Waals surface area contributed by atoms with Crippen molar-refractivity contribution in [2.75, 3.05) is 11.6 Å². The first kappa shape index (κ1) is 16.6. The fourth-order valence-corrected chi connectivity index (χ4v) is 4.73. The SMILES string of the molecule is CSc1ccc(C2C3=C(CCCC3=O)Nc3c2ccc2ncccc32)cc1. The third-order valence-corrected chi connectivity index (χ3v) is 6.34. The number of carbonyl (C=O) groups excluding carboxylic acids is 1. The number of nitrogens with zero attached hydrogens (tertiary/aromatic N) is 1. The quantitative estimate of drug-likeness (QED) is 0.601. The summed E-state index contributed by atoms with van der Waals surface area (Å²) >= 11 is 1.74. The zero-order valence-corrected chi connectivity index (χ0v) is 16.0. The Bertz CT molecular complexity index is 1090. The average molecular weight is 372 g/mol. The van der Waals surface area contributed by atoms with Crippen LogP contribution >= 0.6 is 11.8 Å². The zero-order chi connectivity index (χ0) is 18.4. The van der Waals surface area contributed by atoms with E-state index in [0.717, 1.165) is 40.7 Å². The molecule has 2 aliphatic rings. The molecule has 0 radical (unpaired) electrons. The number of benzene rings is 2. The van der Waals surface area contributed by atoms with Gasteiger partial charge in [0.25, 0.3) is 0 Å². The smallest absolute Gasteiger partial charge is 0.161 e. The summed E-state index contributed by atoms with van der Waals surface area (Å²) in [5, 5.41) is 4.73. The molecule has 2 heterocycles. The van der Waals surface area contributed by atoms with Crippen LogP contribution in [0.3, 0.4) is 0 Å². The number of hydrogen-bond donors (Lipinski definition) is 1. The first-order chi connectivity index (χ1) is 13.3. The van der Waals surface area contributed by atoms with E-state index in [1.54, 1.807) is 11.8 Å². The van der Waals surface area contributed by atoms with Crippen molar-refractivity contribution in [3.8, 4) is 0 Å². The van der Waals surface area contributed by atoms with Gasteiger partial charge in [0.1, 0.15) is 0 Å². The van der Waals surface area contributed by atoms with Crippen LogP contribution in [-0.4, -0.2) is 17.0 Å². The van der Waals surface area contributed by atoms with Crippen LogP contribution in [0, 0.1) is 0 Å². The van der Waals surface area contributed by atoms with E-state index in [0.29, 0.717) is 6.42 Å². The lowest BCUT2D eigenvalue weighted by atomic mass is 9.75. The van der Waals surface area contributed by atoms with Gasteiger partial charge in [0.05, 0.1) is 11.2 Å². The Morgan fingerprint density at radius 2 is 1.93 bits per heavy atom. The van der Waals surface area contributed by atoms with Crippen LogP contribution in [0.25, 0.3) is 10.9 Å². The van der Waals surface area contributed by atoms with Crippen molar-refractivity contribution in [3.05, 3.63) is 77.1 Å². The van der Waals surface area contributed by atoms with Crippen LogP contribution in [0.2, 0.25) is 0 Å². The van der Waals surface area contributed by atoms with Crippen LogP contribution in [-0.2, 0) is 4.79 Å². The molecular formula is C23H20N2OS. The lowest BCUT2D eigenvalue weighted by Gasteiger charge is -2.34. The number of Topliss-reactive ketones (excluding diaryl/α,β-unsaturated/α-hetero) is 1. The van der Waals surface area contributed by atoms with Gasteiger partial charge in [-0.3, -0.25) is 9.78 Å². The number of thioether (sulfide) groups is 1. The van der Waals surface area contributed by atoms with E-state index < -0.39 is 0 Å². The minimum atomic E-state index is -0.00966. The van der Waals surface area contributed by atoms with Crippen LogP contribution in [0.5, 0.6) is 0 Å². The van der Waals surface area contributed by atoms with Gasteiger partial charge >= 0.3 is 0 Å². The standard InChI is InChI=1S/C23H20N2OS/c1-27-15-9-7-14(8-10-15)21-17-11-12-18-16(4-3-13-24-18)23(17)25-19-5-2-6-20(26)22(19)21/h3-4,7-13,21,25H,2,5-6H2,1H3. The topological polar surface area (TPSA) is 42.0 Å². The van der Waals surface area contributed by atoms with Crippen LogP contribution < -0.4 is 5.32 Å². The van der Waals surface area contributed by atoms with Crippen molar-refractivity contribution in [3.63, 3.8) is 0 Å². The third-order valence-electron chi connectivity index (χ3n) is 5.60. The fourth-order valence-electron chi connectivity index (χ4n) is 4.33. The van der Waals surface area contributed by atoms with E-state index in [1.165, 1.54) is 16.0 Å². The summed E-state index contributed by atoms with van der Waals surface area (Å²) in [5.41, 5.74) is 6.48. The van der Waals surface area contributed by atoms with Crippen molar-refractivity contribution < 1.29 is 4.79 Å². The van der Waals surface area contributed by atoms with Gasteiger partial charge in [-0.25, -0.2) is 0 Å².